The van der Waals surface area contributed by atoms with Gasteiger partial charge in [-0.05, 0) is 12.8 Å². The van der Waals surface area contributed by atoms with Crippen molar-refractivity contribution in [2.45, 2.75) is 37.7 Å². The number of halogens is 2. The van der Waals surface area contributed by atoms with Crippen LogP contribution in [-0.2, 0) is 0 Å². The van der Waals surface area contributed by atoms with E-state index in [1.54, 1.807) is 18.2 Å². The lowest BCUT2D eigenvalue weighted by Crippen LogP contribution is -2.45. The summed E-state index contributed by atoms with van der Waals surface area (Å²) in [5, 5.41) is 9.67. The molecular formula is C14H16F2O2. The quantitative estimate of drug-likeness (QED) is 0.842. The zero-order valence-electron chi connectivity index (χ0n) is 9.98. The van der Waals surface area contributed by atoms with Gasteiger partial charge in [-0.1, -0.05) is 43.2 Å². The first-order valence-corrected chi connectivity index (χ1v) is 6.19. The summed E-state index contributed by atoms with van der Waals surface area (Å²) in [5.74, 6) is -5.92. The second-order valence-electron chi connectivity index (χ2n) is 4.78. The highest BCUT2D eigenvalue weighted by atomic mass is 19.3. The van der Waals surface area contributed by atoms with Gasteiger partial charge in [-0.15, -0.1) is 0 Å². The predicted molar refractivity (Wildman–Crippen MR) is 63.7 cm³/mol. The fourth-order valence-electron chi connectivity index (χ4n) is 2.48. The Kier molecular flexibility index (Phi) is 3.76. The topological polar surface area (TPSA) is 37.3 Å². The van der Waals surface area contributed by atoms with Crippen LogP contribution in [0, 0.1) is 5.92 Å². The van der Waals surface area contributed by atoms with Crippen LogP contribution in [0.2, 0.25) is 0 Å². The van der Waals surface area contributed by atoms with Crippen LogP contribution in [0.15, 0.2) is 30.3 Å². The third-order valence-electron chi connectivity index (χ3n) is 3.53. The van der Waals surface area contributed by atoms with E-state index in [1.807, 2.05) is 0 Å². The first kappa shape index (κ1) is 13.1. The second kappa shape index (κ2) is 5.14. The molecule has 1 fully saturated rings. The second-order valence-corrected chi connectivity index (χ2v) is 4.78. The molecule has 0 aromatic heterocycles. The van der Waals surface area contributed by atoms with Crippen molar-refractivity contribution in [2.75, 3.05) is 0 Å². The molecule has 4 heteroatoms. The summed E-state index contributed by atoms with van der Waals surface area (Å²) in [7, 11) is 0. The van der Waals surface area contributed by atoms with Crippen LogP contribution in [0.4, 0.5) is 8.78 Å². The van der Waals surface area contributed by atoms with Crippen molar-refractivity contribution in [3.8, 4) is 0 Å². The highest BCUT2D eigenvalue weighted by Crippen LogP contribution is 2.38. The number of hydrogen-bond donors (Lipinski definition) is 1. The van der Waals surface area contributed by atoms with Crippen LogP contribution < -0.4 is 0 Å². The number of alkyl halides is 2. The smallest absolute Gasteiger partial charge is 0.314 e. The number of aliphatic hydroxyl groups is 1. The summed E-state index contributed by atoms with van der Waals surface area (Å²) in [4.78, 5) is 11.9. The van der Waals surface area contributed by atoms with Crippen molar-refractivity contribution < 1.29 is 18.7 Å². The van der Waals surface area contributed by atoms with Gasteiger partial charge in [-0.3, -0.25) is 4.79 Å². The molecule has 0 bridgehead atoms. The summed E-state index contributed by atoms with van der Waals surface area (Å²) in [6, 6.07) is 7.54. The van der Waals surface area contributed by atoms with Crippen LogP contribution in [0.3, 0.4) is 0 Å². The lowest BCUT2D eigenvalue weighted by atomic mass is 9.79. The Bertz CT molecular complexity index is 417. The Balaban J connectivity index is 2.22. The number of hydrogen-bond acceptors (Lipinski definition) is 2. The van der Waals surface area contributed by atoms with E-state index in [-0.39, 0.29) is 12.0 Å². The van der Waals surface area contributed by atoms with Crippen LogP contribution in [-0.4, -0.2) is 22.9 Å². The molecule has 1 N–H and O–H groups in total. The van der Waals surface area contributed by atoms with Gasteiger partial charge >= 0.3 is 5.92 Å². The average molecular weight is 254 g/mol. The first-order chi connectivity index (χ1) is 8.53. The monoisotopic (exact) mass is 254 g/mol. The van der Waals surface area contributed by atoms with Gasteiger partial charge in [-0.2, -0.15) is 8.78 Å². The Morgan fingerprint density at radius 1 is 1.17 bits per heavy atom. The molecule has 1 aromatic carbocycles. The lowest BCUT2D eigenvalue weighted by molar-refractivity contribution is -0.0889. The molecule has 0 spiro atoms. The third kappa shape index (κ3) is 2.43. The van der Waals surface area contributed by atoms with Gasteiger partial charge in [0.05, 0.1) is 12.0 Å². The molecule has 0 heterocycles. The van der Waals surface area contributed by atoms with Gasteiger partial charge in [0.15, 0.2) is 0 Å². The molecule has 2 rings (SSSR count). The van der Waals surface area contributed by atoms with Crippen LogP contribution in [0.1, 0.15) is 36.0 Å². The fourth-order valence-corrected chi connectivity index (χ4v) is 2.48. The number of carbonyl (C=O) groups is 1. The van der Waals surface area contributed by atoms with E-state index in [9.17, 15) is 18.7 Å². The van der Waals surface area contributed by atoms with Crippen molar-refractivity contribution in [3.63, 3.8) is 0 Å². The fraction of sp³-hybridized carbons (Fsp3) is 0.500. The highest BCUT2D eigenvalue weighted by molar-refractivity contribution is 6.01. The number of ketones is 1. The van der Waals surface area contributed by atoms with Crippen LogP contribution in [0.25, 0.3) is 0 Å². The van der Waals surface area contributed by atoms with Crippen molar-refractivity contribution in [1.82, 2.24) is 0 Å². The van der Waals surface area contributed by atoms with Gasteiger partial charge in [0, 0.05) is 5.56 Å². The number of rotatable bonds is 3. The number of aliphatic hydroxyl groups excluding tert-OH is 1. The van der Waals surface area contributed by atoms with Gasteiger partial charge in [0.2, 0.25) is 5.78 Å². The molecule has 0 amide bonds. The van der Waals surface area contributed by atoms with Gasteiger partial charge in [0.1, 0.15) is 0 Å². The molecule has 98 valence electrons. The highest BCUT2D eigenvalue weighted by Gasteiger charge is 2.50. The maximum Gasteiger partial charge on any atom is 0.314 e. The summed E-state index contributed by atoms with van der Waals surface area (Å²) in [5.41, 5.74) is 0.000253. The van der Waals surface area contributed by atoms with Gasteiger partial charge < -0.3 is 5.11 Å². The average Bonchev–Trinajstić information content (AvgIpc) is 2.39. The lowest BCUT2D eigenvalue weighted by Gasteiger charge is -2.33. The van der Waals surface area contributed by atoms with Crippen molar-refractivity contribution in [2.24, 2.45) is 5.92 Å². The molecular weight excluding hydrogens is 238 g/mol. The van der Waals surface area contributed by atoms with Gasteiger partial charge in [0.25, 0.3) is 0 Å². The van der Waals surface area contributed by atoms with E-state index in [2.05, 4.69) is 0 Å². The molecule has 1 aliphatic carbocycles. The predicted octanol–water partition coefficient (Wildman–Crippen LogP) is 3.06. The van der Waals surface area contributed by atoms with E-state index in [1.165, 1.54) is 12.1 Å². The van der Waals surface area contributed by atoms with E-state index in [0.717, 1.165) is 6.42 Å². The van der Waals surface area contributed by atoms with Crippen molar-refractivity contribution >= 4 is 5.78 Å². The van der Waals surface area contributed by atoms with E-state index < -0.39 is 23.7 Å². The zero-order valence-corrected chi connectivity index (χ0v) is 9.98. The molecule has 2 unspecified atom stereocenters. The molecule has 0 saturated heterocycles. The van der Waals surface area contributed by atoms with Crippen LogP contribution in [0.5, 0.6) is 0 Å². The molecule has 1 aromatic rings. The zero-order chi connectivity index (χ0) is 13.2. The summed E-state index contributed by atoms with van der Waals surface area (Å²) in [6.45, 7) is 0. The summed E-state index contributed by atoms with van der Waals surface area (Å²) < 4.78 is 28.3. The minimum Gasteiger partial charge on any atom is -0.393 e. The Hall–Kier alpha value is -1.29. The largest absolute Gasteiger partial charge is 0.393 e. The molecule has 2 nitrogen and oxygen atoms in total. The van der Waals surface area contributed by atoms with Crippen molar-refractivity contribution in [1.29, 1.82) is 0 Å². The number of benzene rings is 1. The van der Waals surface area contributed by atoms with E-state index in [0.29, 0.717) is 12.8 Å². The van der Waals surface area contributed by atoms with Crippen LogP contribution >= 0.6 is 0 Å². The maximum absolute atomic E-state index is 14.1. The minimum atomic E-state index is -3.48. The Labute approximate surface area is 105 Å². The number of carbonyl (C=O) groups excluding carboxylic acids is 1. The summed E-state index contributed by atoms with van der Waals surface area (Å²) in [6.07, 6.45) is 0.850. The third-order valence-corrected chi connectivity index (χ3v) is 3.53. The standard InChI is InChI=1S/C14H16F2O2/c15-14(16,11-8-4-5-9-12(11)17)13(18)10-6-2-1-3-7-10/h1-3,6-7,11-12,17H,4-5,8-9H2. The van der Waals surface area contributed by atoms with Crippen molar-refractivity contribution in [3.05, 3.63) is 35.9 Å². The van der Waals surface area contributed by atoms with Gasteiger partial charge in [-0.25, -0.2) is 0 Å². The SMILES string of the molecule is O=C(c1ccccc1)C(F)(F)C1CCCCC1O. The Morgan fingerprint density at radius 3 is 2.39 bits per heavy atom. The van der Waals surface area contributed by atoms with E-state index in [4.69, 9.17) is 0 Å². The molecule has 1 saturated carbocycles. The minimum absolute atomic E-state index is 0.000253. The number of Topliss-reactive ketones (excluding diaryl/α,β-unsaturated/α-hetero) is 1. The molecule has 0 aliphatic heterocycles. The van der Waals surface area contributed by atoms with E-state index >= 15 is 0 Å². The Morgan fingerprint density at radius 2 is 1.78 bits per heavy atom. The normalized spacial score (nSPS) is 24.8. The molecule has 1 aliphatic rings. The maximum atomic E-state index is 14.1. The molecule has 2 atom stereocenters. The molecule has 0 radical (unpaired) electrons. The first-order valence-electron chi connectivity index (χ1n) is 6.19. The summed E-state index contributed by atoms with van der Waals surface area (Å²) >= 11 is 0. The molecule has 18 heavy (non-hydrogen) atoms.